The van der Waals surface area contributed by atoms with Crippen LogP contribution in [0.25, 0.3) is 0 Å². The summed E-state index contributed by atoms with van der Waals surface area (Å²) < 4.78 is 28.8. The Morgan fingerprint density at radius 3 is 2.78 bits per heavy atom. The number of alkyl halides is 2. The van der Waals surface area contributed by atoms with Crippen molar-refractivity contribution in [2.45, 2.75) is 13.2 Å². The first-order valence-corrected chi connectivity index (χ1v) is 5.28. The molecule has 0 unspecified atom stereocenters. The van der Waals surface area contributed by atoms with Crippen LogP contribution in [0.4, 0.5) is 14.5 Å². The van der Waals surface area contributed by atoms with Crippen LogP contribution in [0.15, 0.2) is 42.9 Å². The quantitative estimate of drug-likeness (QED) is 0.887. The molecule has 6 heteroatoms. The molecule has 0 saturated heterocycles. The van der Waals surface area contributed by atoms with Gasteiger partial charge in [-0.1, -0.05) is 12.1 Å². The molecule has 0 radical (unpaired) electrons. The zero-order chi connectivity index (χ0) is 12.8. The molecular formula is C12H11F2N3O. The number of anilines is 1. The first-order chi connectivity index (χ1) is 8.75. The summed E-state index contributed by atoms with van der Waals surface area (Å²) in [5.74, 6) is 0.108. The summed E-state index contributed by atoms with van der Waals surface area (Å²) in [4.78, 5) is 7.98. The van der Waals surface area contributed by atoms with Gasteiger partial charge in [0.2, 0.25) is 0 Å². The van der Waals surface area contributed by atoms with Gasteiger partial charge in [0.25, 0.3) is 0 Å². The summed E-state index contributed by atoms with van der Waals surface area (Å²) in [7, 11) is 0. The minimum Gasteiger partial charge on any atom is -0.433 e. The molecule has 0 aliphatic rings. The van der Waals surface area contributed by atoms with Crippen molar-refractivity contribution in [3.8, 4) is 5.75 Å². The van der Waals surface area contributed by atoms with Crippen LogP contribution in [0.2, 0.25) is 0 Å². The van der Waals surface area contributed by atoms with Crippen molar-refractivity contribution in [2.24, 2.45) is 0 Å². The summed E-state index contributed by atoms with van der Waals surface area (Å²) in [6.45, 7) is -2.46. The second kappa shape index (κ2) is 5.90. The highest BCUT2D eigenvalue weighted by atomic mass is 19.3. The molecule has 94 valence electrons. The van der Waals surface area contributed by atoms with Crippen LogP contribution in [-0.4, -0.2) is 16.6 Å². The van der Waals surface area contributed by atoms with Gasteiger partial charge in [0.15, 0.2) is 0 Å². The van der Waals surface area contributed by atoms with E-state index in [0.29, 0.717) is 17.9 Å². The third kappa shape index (κ3) is 3.38. The Morgan fingerprint density at radius 1 is 1.22 bits per heavy atom. The van der Waals surface area contributed by atoms with Crippen LogP contribution in [0.3, 0.4) is 0 Å². The van der Waals surface area contributed by atoms with Crippen molar-refractivity contribution in [2.75, 3.05) is 5.32 Å². The maximum Gasteiger partial charge on any atom is 0.387 e. The highest BCUT2D eigenvalue weighted by Crippen LogP contribution is 2.25. The lowest BCUT2D eigenvalue weighted by atomic mass is 10.3. The Labute approximate surface area is 103 Å². The first-order valence-electron chi connectivity index (χ1n) is 5.28. The summed E-state index contributed by atoms with van der Waals surface area (Å²) in [5, 5.41) is 2.97. The van der Waals surface area contributed by atoms with Crippen molar-refractivity contribution in [1.29, 1.82) is 0 Å². The van der Waals surface area contributed by atoms with Crippen molar-refractivity contribution >= 4 is 5.69 Å². The molecule has 0 bridgehead atoms. The highest BCUT2D eigenvalue weighted by molar-refractivity contribution is 5.56. The molecule has 0 fully saturated rings. The second-order valence-corrected chi connectivity index (χ2v) is 3.42. The monoisotopic (exact) mass is 251 g/mol. The lowest BCUT2D eigenvalue weighted by Crippen LogP contribution is -2.07. The number of ether oxygens (including phenoxy) is 1. The van der Waals surface area contributed by atoms with Gasteiger partial charge in [-0.05, 0) is 12.1 Å². The minimum absolute atomic E-state index is 0.108. The van der Waals surface area contributed by atoms with E-state index in [9.17, 15) is 8.78 Å². The molecular weight excluding hydrogens is 240 g/mol. The third-order valence-electron chi connectivity index (χ3n) is 2.18. The van der Waals surface area contributed by atoms with Gasteiger partial charge in [0.1, 0.15) is 5.75 Å². The molecule has 0 aliphatic carbocycles. The van der Waals surface area contributed by atoms with Crippen LogP contribution in [0.1, 0.15) is 5.69 Å². The molecule has 1 N–H and O–H groups in total. The molecule has 0 spiro atoms. The second-order valence-electron chi connectivity index (χ2n) is 3.42. The van der Waals surface area contributed by atoms with E-state index in [1.165, 1.54) is 6.07 Å². The molecule has 18 heavy (non-hydrogen) atoms. The molecule has 0 amide bonds. The van der Waals surface area contributed by atoms with Crippen LogP contribution in [-0.2, 0) is 6.54 Å². The van der Waals surface area contributed by atoms with Crippen molar-refractivity contribution in [1.82, 2.24) is 9.97 Å². The third-order valence-corrected chi connectivity index (χ3v) is 2.18. The Balaban J connectivity index is 2.05. The fraction of sp³-hybridized carbons (Fsp3) is 0.167. The summed E-state index contributed by atoms with van der Waals surface area (Å²) >= 11 is 0. The van der Waals surface area contributed by atoms with Crippen molar-refractivity contribution in [3.05, 3.63) is 48.5 Å². The van der Waals surface area contributed by atoms with Gasteiger partial charge < -0.3 is 10.1 Å². The molecule has 1 heterocycles. The van der Waals surface area contributed by atoms with E-state index in [1.54, 1.807) is 36.8 Å². The average Bonchev–Trinajstić information content (AvgIpc) is 2.38. The Kier molecular flexibility index (Phi) is 4.01. The number of benzene rings is 1. The molecule has 1 aromatic carbocycles. The zero-order valence-electron chi connectivity index (χ0n) is 9.38. The van der Waals surface area contributed by atoms with E-state index >= 15 is 0 Å². The molecule has 0 atom stereocenters. The standard InChI is InChI=1S/C12H11F2N3O/c13-12(14)18-11-4-2-1-3-10(11)17-8-9-7-15-5-6-16-9/h1-7,12,17H,8H2. The molecule has 1 aromatic heterocycles. The smallest absolute Gasteiger partial charge is 0.387 e. The molecule has 2 rings (SSSR count). The lowest BCUT2D eigenvalue weighted by Gasteiger charge is -2.11. The molecule has 2 aromatic rings. The highest BCUT2D eigenvalue weighted by Gasteiger charge is 2.08. The summed E-state index contributed by atoms with van der Waals surface area (Å²) in [5.41, 5.74) is 1.20. The SMILES string of the molecule is FC(F)Oc1ccccc1NCc1cnccn1. The predicted molar refractivity (Wildman–Crippen MR) is 62.4 cm³/mol. The fourth-order valence-corrected chi connectivity index (χ4v) is 1.42. The first kappa shape index (κ1) is 12.2. The summed E-state index contributed by atoms with van der Waals surface area (Å²) in [6.07, 6.45) is 4.74. The number of nitrogens with zero attached hydrogens (tertiary/aromatic N) is 2. The largest absolute Gasteiger partial charge is 0.433 e. The van der Waals surface area contributed by atoms with Crippen LogP contribution < -0.4 is 10.1 Å². The number of para-hydroxylation sites is 2. The molecule has 0 aliphatic heterocycles. The van der Waals surface area contributed by atoms with Gasteiger partial charge in [-0.15, -0.1) is 0 Å². The number of aromatic nitrogens is 2. The van der Waals surface area contributed by atoms with Crippen LogP contribution in [0.5, 0.6) is 5.75 Å². The summed E-state index contributed by atoms with van der Waals surface area (Å²) in [6, 6.07) is 6.50. The Morgan fingerprint density at radius 2 is 2.06 bits per heavy atom. The average molecular weight is 251 g/mol. The lowest BCUT2D eigenvalue weighted by molar-refractivity contribution is -0.0493. The van der Waals surface area contributed by atoms with Gasteiger partial charge in [0.05, 0.1) is 24.1 Å². The minimum atomic E-state index is -2.84. The van der Waals surface area contributed by atoms with Gasteiger partial charge in [-0.25, -0.2) is 0 Å². The maximum atomic E-state index is 12.2. The number of hydrogen-bond acceptors (Lipinski definition) is 4. The number of rotatable bonds is 5. The van der Waals surface area contributed by atoms with E-state index in [4.69, 9.17) is 0 Å². The normalized spacial score (nSPS) is 10.4. The van der Waals surface area contributed by atoms with Crippen molar-refractivity contribution < 1.29 is 13.5 Å². The van der Waals surface area contributed by atoms with Crippen LogP contribution in [0, 0.1) is 0 Å². The van der Waals surface area contributed by atoms with E-state index in [2.05, 4.69) is 20.0 Å². The van der Waals surface area contributed by atoms with E-state index in [-0.39, 0.29) is 5.75 Å². The number of nitrogens with one attached hydrogen (secondary N) is 1. The van der Waals surface area contributed by atoms with E-state index in [1.807, 2.05) is 0 Å². The van der Waals surface area contributed by atoms with Gasteiger partial charge in [0, 0.05) is 12.4 Å². The predicted octanol–water partition coefficient (Wildman–Crippen LogP) is 2.69. The molecule has 4 nitrogen and oxygen atoms in total. The van der Waals surface area contributed by atoms with Gasteiger partial charge in [-0.3, -0.25) is 9.97 Å². The van der Waals surface area contributed by atoms with Gasteiger partial charge >= 0.3 is 6.61 Å². The number of halogens is 2. The maximum absolute atomic E-state index is 12.2. The topological polar surface area (TPSA) is 47.0 Å². The van der Waals surface area contributed by atoms with E-state index in [0.717, 1.165) is 0 Å². The van der Waals surface area contributed by atoms with Crippen molar-refractivity contribution in [3.63, 3.8) is 0 Å². The van der Waals surface area contributed by atoms with E-state index < -0.39 is 6.61 Å². The molecule has 0 saturated carbocycles. The Bertz CT molecular complexity index is 494. The van der Waals surface area contributed by atoms with Crippen LogP contribution >= 0.6 is 0 Å². The Hall–Kier alpha value is -2.24. The fourth-order valence-electron chi connectivity index (χ4n) is 1.42. The van der Waals surface area contributed by atoms with Gasteiger partial charge in [-0.2, -0.15) is 8.78 Å². The number of hydrogen-bond donors (Lipinski definition) is 1. The zero-order valence-corrected chi connectivity index (χ0v) is 9.38.